The van der Waals surface area contributed by atoms with Gasteiger partial charge in [-0.15, -0.1) is 0 Å². The zero-order valence-corrected chi connectivity index (χ0v) is 16.6. The third kappa shape index (κ3) is 3.81. The molecule has 0 unspecified atom stereocenters. The highest BCUT2D eigenvalue weighted by Crippen LogP contribution is 2.34. The average molecular weight is 363 g/mol. The summed E-state index contributed by atoms with van der Waals surface area (Å²) in [6.07, 6.45) is 7.16. The van der Waals surface area contributed by atoms with Crippen molar-refractivity contribution in [2.24, 2.45) is 17.8 Å². The Kier molecular flexibility index (Phi) is 6.03. The number of nitrogens with zero attached hydrogens (tertiary/aromatic N) is 2. The molecule has 0 aromatic rings. The largest absolute Gasteiger partial charge is 0.340 e. The van der Waals surface area contributed by atoms with Crippen molar-refractivity contribution >= 4 is 17.6 Å². The van der Waals surface area contributed by atoms with Gasteiger partial charge in [-0.1, -0.05) is 13.8 Å². The normalized spacial score (nSPS) is 32.3. The van der Waals surface area contributed by atoms with Crippen LogP contribution in [0.3, 0.4) is 0 Å². The second kappa shape index (κ2) is 8.10. The maximum atomic E-state index is 13.0. The average Bonchev–Trinajstić information content (AvgIpc) is 3.28. The van der Waals surface area contributed by atoms with Crippen LogP contribution in [-0.4, -0.2) is 52.6 Å². The van der Waals surface area contributed by atoms with Crippen molar-refractivity contribution < 1.29 is 14.4 Å². The molecule has 3 aliphatic rings. The van der Waals surface area contributed by atoms with E-state index in [-0.39, 0.29) is 35.5 Å². The van der Waals surface area contributed by atoms with E-state index in [0.717, 1.165) is 57.9 Å². The van der Waals surface area contributed by atoms with Crippen molar-refractivity contribution in [3.63, 3.8) is 0 Å². The Balaban J connectivity index is 1.55. The Hall–Kier alpha value is -1.39. The standard InChI is InChI=1S/C21H34N2O3/c1-14(2)19(24)18-7-5-13-23(18)21(26)17-10-8-16(9-11-17)20(25)22-12-4-6-15(22)3/h14-18H,4-13H2,1-3H3/t15-,16-,17-,18+/m1/s1. The van der Waals surface area contributed by atoms with E-state index in [9.17, 15) is 14.4 Å². The third-order valence-corrected chi connectivity index (χ3v) is 6.70. The van der Waals surface area contributed by atoms with Crippen molar-refractivity contribution in [2.75, 3.05) is 13.1 Å². The molecule has 2 amide bonds. The molecule has 0 N–H and O–H groups in total. The lowest BCUT2D eigenvalue weighted by Gasteiger charge is -2.34. The molecule has 2 saturated heterocycles. The topological polar surface area (TPSA) is 57.7 Å². The number of carbonyl (C=O) groups is 3. The highest BCUT2D eigenvalue weighted by molar-refractivity contribution is 5.91. The van der Waals surface area contributed by atoms with Gasteiger partial charge in [-0.3, -0.25) is 14.4 Å². The van der Waals surface area contributed by atoms with Crippen molar-refractivity contribution in [3.8, 4) is 0 Å². The van der Waals surface area contributed by atoms with Gasteiger partial charge in [0.25, 0.3) is 0 Å². The fourth-order valence-electron chi connectivity index (χ4n) is 5.03. The van der Waals surface area contributed by atoms with Gasteiger partial charge in [-0.25, -0.2) is 0 Å². The molecule has 146 valence electrons. The Morgan fingerprint density at radius 1 is 0.769 bits per heavy atom. The van der Waals surface area contributed by atoms with E-state index in [1.165, 1.54) is 0 Å². The first-order chi connectivity index (χ1) is 12.4. The number of likely N-dealkylation sites (tertiary alicyclic amines) is 2. The van der Waals surface area contributed by atoms with Gasteiger partial charge in [-0.05, 0) is 58.3 Å². The Morgan fingerprint density at radius 2 is 1.27 bits per heavy atom. The molecule has 0 radical (unpaired) electrons. The van der Waals surface area contributed by atoms with Crippen LogP contribution in [0.15, 0.2) is 0 Å². The maximum Gasteiger partial charge on any atom is 0.226 e. The number of hydrogen-bond donors (Lipinski definition) is 0. The van der Waals surface area contributed by atoms with E-state index in [1.807, 2.05) is 23.6 Å². The number of amides is 2. The van der Waals surface area contributed by atoms with Crippen LogP contribution in [0.5, 0.6) is 0 Å². The molecule has 5 heteroatoms. The highest BCUT2D eigenvalue weighted by atomic mass is 16.2. The van der Waals surface area contributed by atoms with Gasteiger partial charge in [0.2, 0.25) is 11.8 Å². The molecule has 5 nitrogen and oxygen atoms in total. The Bertz CT molecular complexity index is 551. The first kappa shape index (κ1) is 19.4. The van der Waals surface area contributed by atoms with Gasteiger partial charge in [0.15, 0.2) is 5.78 Å². The molecule has 0 aromatic heterocycles. The number of hydrogen-bond acceptors (Lipinski definition) is 3. The monoisotopic (exact) mass is 362 g/mol. The van der Waals surface area contributed by atoms with Gasteiger partial charge in [0.05, 0.1) is 6.04 Å². The number of carbonyl (C=O) groups excluding carboxylic acids is 3. The molecule has 0 spiro atoms. The molecule has 3 rings (SSSR count). The Morgan fingerprint density at radius 3 is 1.77 bits per heavy atom. The van der Waals surface area contributed by atoms with Crippen LogP contribution in [0.2, 0.25) is 0 Å². The molecule has 0 aromatic carbocycles. The number of ketones is 1. The minimum absolute atomic E-state index is 0.00406. The summed E-state index contributed by atoms with van der Waals surface area (Å²) in [4.78, 5) is 42.1. The zero-order chi connectivity index (χ0) is 18.8. The molecule has 2 atom stereocenters. The van der Waals surface area contributed by atoms with Crippen LogP contribution in [0, 0.1) is 17.8 Å². The first-order valence-electron chi connectivity index (χ1n) is 10.5. The third-order valence-electron chi connectivity index (χ3n) is 6.70. The van der Waals surface area contributed by atoms with Crippen molar-refractivity contribution in [2.45, 2.75) is 84.2 Å². The number of Topliss-reactive ketones (excluding diaryl/α,β-unsaturated/α-hetero) is 1. The molecule has 26 heavy (non-hydrogen) atoms. The summed E-state index contributed by atoms with van der Waals surface area (Å²) in [6, 6.07) is 0.154. The van der Waals surface area contributed by atoms with Gasteiger partial charge in [0.1, 0.15) is 0 Å². The lowest BCUT2D eigenvalue weighted by Crippen LogP contribution is -2.46. The second-order valence-electron chi connectivity index (χ2n) is 8.82. The summed E-state index contributed by atoms with van der Waals surface area (Å²) in [5.41, 5.74) is 0. The molecule has 2 heterocycles. The first-order valence-corrected chi connectivity index (χ1v) is 10.5. The van der Waals surface area contributed by atoms with Crippen LogP contribution in [0.1, 0.15) is 72.1 Å². The van der Waals surface area contributed by atoms with Crippen LogP contribution >= 0.6 is 0 Å². The fraction of sp³-hybridized carbons (Fsp3) is 0.857. The van der Waals surface area contributed by atoms with E-state index < -0.39 is 0 Å². The van der Waals surface area contributed by atoms with Crippen LogP contribution in [0.25, 0.3) is 0 Å². The summed E-state index contributed by atoms with van der Waals surface area (Å²) in [6.45, 7) is 7.58. The molecule has 2 aliphatic heterocycles. The summed E-state index contributed by atoms with van der Waals surface area (Å²) in [5, 5.41) is 0. The molecule has 3 fully saturated rings. The summed E-state index contributed by atoms with van der Waals surface area (Å²) in [7, 11) is 0. The van der Waals surface area contributed by atoms with E-state index in [2.05, 4.69) is 6.92 Å². The summed E-state index contributed by atoms with van der Waals surface area (Å²) in [5.74, 6) is 0.714. The summed E-state index contributed by atoms with van der Waals surface area (Å²) < 4.78 is 0. The summed E-state index contributed by atoms with van der Waals surface area (Å²) >= 11 is 0. The van der Waals surface area contributed by atoms with Crippen molar-refractivity contribution in [1.29, 1.82) is 0 Å². The quantitative estimate of drug-likeness (QED) is 0.772. The van der Waals surface area contributed by atoms with Gasteiger partial charge < -0.3 is 9.80 Å². The van der Waals surface area contributed by atoms with Crippen LogP contribution in [0.4, 0.5) is 0 Å². The zero-order valence-electron chi connectivity index (χ0n) is 16.6. The molecule has 0 bridgehead atoms. The van der Waals surface area contributed by atoms with E-state index >= 15 is 0 Å². The lowest BCUT2D eigenvalue weighted by molar-refractivity contribution is -0.144. The molecule has 1 saturated carbocycles. The molecule has 1 aliphatic carbocycles. The van der Waals surface area contributed by atoms with Crippen molar-refractivity contribution in [1.82, 2.24) is 9.80 Å². The lowest BCUT2D eigenvalue weighted by atomic mass is 9.80. The van der Waals surface area contributed by atoms with Gasteiger partial charge in [-0.2, -0.15) is 0 Å². The maximum absolute atomic E-state index is 13.0. The predicted octanol–water partition coefficient (Wildman–Crippen LogP) is 3.02. The fourth-order valence-corrected chi connectivity index (χ4v) is 5.03. The SMILES string of the molecule is CC(C)C(=O)[C@@H]1CCCN1C(=O)[C@H]1CC[C@H](C(=O)N2CCC[C@H]2C)CC1. The smallest absolute Gasteiger partial charge is 0.226 e. The van der Waals surface area contributed by atoms with Gasteiger partial charge >= 0.3 is 0 Å². The van der Waals surface area contributed by atoms with Crippen LogP contribution in [-0.2, 0) is 14.4 Å². The van der Waals surface area contributed by atoms with Crippen LogP contribution < -0.4 is 0 Å². The molecular formula is C21H34N2O3. The minimum Gasteiger partial charge on any atom is -0.340 e. The predicted molar refractivity (Wildman–Crippen MR) is 100 cm³/mol. The number of rotatable bonds is 4. The van der Waals surface area contributed by atoms with E-state index in [0.29, 0.717) is 18.5 Å². The van der Waals surface area contributed by atoms with Crippen molar-refractivity contribution in [3.05, 3.63) is 0 Å². The van der Waals surface area contributed by atoms with E-state index in [1.54, 1.807) is 0 Å². The minimum atomic E-state index is -0.215. The molecular weight excluding hydrogens is 328 g/mol. The second-order valence-corrected chi connectivity index (χ2v) is 8.82. The Labute approximate surface area is 157 Å². The highest BCUT2D eigenvalue weighted by Gasteiger charge is 2.40. The van der Waals surface area contributed by atoms with Gasteiger partial charge in [0, 0.05) is 36.9 Å². The van der Waals surface area contributed by atoms with E-state index in [4.69, 9.17) is 0 Å².